The normalized spacial score (nSPS) is 13.8. The van der Waals surface area contributed by atoms with E-state index in [1.807, 2.05) is 18.2 Å². The van der Waals surface area contributed by atoms with Gasteiger partial charge in [0.1, 0.15) is 9.71 Å². The summed E-state index contributed by atoms with van der Waals surface area (Å²) in [4.78, 5) is 22.5. The van der Waals surface area contributed by atoms with Crippen LogP contribution in [0.15, 0.2) is 24.3 Å². The third-order valence-corrected chi connectivity index (χ3v) is 5.36. The molecule has 25 heavy (non-hydrogen) atoms. The summed E-state index contributed by atoms with van der Waals surface area (Å²) in [7, 11) is 1.58. The van der Waals surface area contributed by atoms with E-state index in [4.69, 9.17) is 17.3 Å². The van der Waals surface area contributed by atoms with Crippen molar-refractivity contribution >= 4 is 50.7 Å². The molecule has 1 fully saturated rings. The van der Waals surface area contributed by atoms with Gasteiger partial charge in [0.15, 0.2) is 0 Å². The van der Waals surface area contributed by atoms with Crippen LogP contribution in [0.4, 0.5) is 11.6 Å². The monoisotopic (exact) mass is 373 g/mol. The first kappa shape index (κ1) is 16.1. The van der Waals surface area contributed by atoms with Crippen LogP contribution < -0.4 is 16.4 Å². The summed E-state index contributed by atoms with van der Waals surface area (Å²) in [5.74, 6) is 0.323. The molecule has 4 rings (SSSR count). The van der Waals surface area contributed by atoms with E-state index in [1.54, 1.807) is 13.1 Å². The fourth-order valence-electron chi connectivity index (χ4n) is 2.62. The highest BCUT2D eigenvalue weighted by molar-refractivity contribution is 7.21. The molecule has 1 saturated carbocycles. The predicted molar refractivity (Wildman–Crippen MR) is 102 cm³/mol. The van der Waals surface area contributed by atoms with Crippen molar-refractivity contribution in [2.24, 2.45) is 0 Å². The Morgan fingerprint density at radius 1 is 1.36 bits per heavy atom. The van der Waals surface area contributed by atoms with Gasteiger partial charge >= 0.3 is 0 Å². The van der Waals surface area contributed by atoms with Crippen LogP contribution in [0.2, 0.25) is 5.02 Å². The first-order chi connectivity index (χ1) is 12.1. The zero-order valence-electron chi connectivity index (χ0n) is 13.5. The number of rotatable bonds is 4. The first-order valence-corrected chi connectivity index (χ1v) is 9.11. The maximum Gasteiger partial charge on any atom is 0.263 e. The molecule has 0 spiro atoms. The Labute approximate surface area is 153 Å². The van der Waals surface area contributed by atoms with Crippen LogP contribution in [-0.4, -0.2) is 29.0 Å². The first-order valence-electron chi connectivity index (χ1n) is 7.91. The molecule has 1 amide bonds. The number of nitrogens with two attached hydrogens (primary N) is 1. The molecule has 0 radical (unpaired) electrons. The van der Waals surface area contributed by atoms with Gasteiger partial charge < -0.3 is 16.4 Å². The van der Waals surface area contributed by atoms with Gasteiger partial charge in [-0.2, -0.15) is 0 Å². The molecule has 0 bridgehead atoms. The second kappa shape index (κ2) is 6.16. The van der Waals surface area contributed by atoms with Crippen molar-refractivity contribution in [2.45, 2.75) is 18.9 Å². The summed E-state index contributed by atoms with van der Waals surface area (Å²) in [6, 6.07) is 7.84. The lowest BCUT2D eigenvalue weighted by Crippen LogP contribution is -2.17. The molecule has 8 heteroatoms. The average Bonchev–Trinajstić information content (AvgIpc) is 3.35. The Hall–Kier alpha value is -2.38. The number of hydrogen-bond donors (Lipinski definition) is 3. The Balaban J connectivity index is 1.96. The van der Waals surface area contributed by atoms with Crippen molar-refractivity contribution in [3.8, 4) is 11.3 Å². The number of carbonyl (C=O) groups excluding carboxylic acids is 1. The fourth-order valence-corrected chi connectivity index (χ4v) is 3.85. The van der Waals surface area contributed by atoms with Gasteiger partial charge in [-0.05, 0) is 25.0 Å². The highest BCUT2D eigenvalue weighted by Crippen LogP contribution is 2.39. The van der Waals surface area contributed by atoms with Gasteiger partial charge in [0.05, 0.1) is 16.8 Å². The molecule has 2 aromatic heterocycles. The van der Waals surface area contributed by atoms with Crippen molar-refractivity contribution < 1.29 is 4.79 Å². The second-order valence-electron chi connectivity index (χ2n) is 5.93. The lowest BCUT2D eigenvalue weighted by atomic mass is 10.1. The number of aromatic nitrogens is 2. The molecule has 128 valence electrons. The van der Waals surface area contributed by atoms with Crippen molar-refractivity contribution in [3.63, 3.8) is 0 Å². The number of fused-ring (bicyclic) bond motifs is 1. The number of nitrogens with zero attached hydrogens (tertiary/aromatic N) is 2. The summed E-state index contributed by atoms with van der Waals surface area (Å²) in [6.45, 7) is 0. The van der Waals surface area contributed by atoms with E-state index < -0.39 is 0 Å². The number of hydrogen-bond acceptors (Lipinski definition) is 6. The minimum Gasteiger partial charge on any atom is -0.397 e. The third-order valence-electron chi connectivity index (χ3n) is 4.03. The van der Waals surface area contributed by atoms with Crippen molar-refractivity contribution in [1.29, 1.82) is 0 Å². The van der Waals surface area contributed by atoms with Gasteiger partial charge in [0.25, 0.3) is 5.91 Å². The van der Waals surface area contributed by atoms with Crippen molar-refractivity contribution in [2.75, 3.05) is 18.1 Å². The van der Waals surface area contributed by atoms with Gasteiger partial charge in [-0.3, -0.25) is 4.79 Å². The SMILES string of the molecule is CNC(=O)c1sc2nc(NC3CC3)nc(-c3cccc(Cl)c3)c2c1N. The standard InChI is InChI=1S/C17H16ClN5OS/c1-20-15(24)14-12(19)11-13(8-3-2-4-9(18)7-8)22-17(21-10-5-6-10)23-16(11)25-14/h2-4,7,10H,5-6,19H2,1H3,(H,20,24)(H,21,22,23). The van der Waals surface area contributed by atoms with Crippen LogP contribution in [-0.2, 0) is 0 Å². The Morgan fingerprint density at radius 3 is 2.84 bits per heavy atom. The minimum absolute atomic E-state index is 0.228. The van der Waals surface area contributed by atoms with Crippen LogP contribution >= 0.6 is 22.9 Å². The highest BCUT2D eigenvalue weighted by Gasteiger charge is 2.25. The van der Waals surface area contributed by atoms with E-state index in [1.165, 1.54) is 11.3 Å². The number of carbonyl (C=O) groups is 1. The zero-order valence-corrected chi connectivity index (χ0v) is 15.0. The van der Waals surface area contributed by atoms with Crippen LogP contribution in [0, 0.1) is 0 Å². The Bertz CT molecular complexity index is 983. The summed E-state index contributed by atoms with van der Waals surface area (Å²) < 4.78 is 0. The molecule has 1 aliphatic carbocycles. The Morgan fingerprint density at radius 2 is 2.16 bits per heavy atom. The smallest absolute Gasteiger partial charge is 0.263 e. The van der Waals surface area contributed by atoms with Gasteiger partial charge in [-0.15, -0.1) is 11.3 Å². The average molecular weight is 374 g/mol. The highest BCUT2D eigenvalue weighted by atomic mass is 35.5. The van der Waals surface area contributed by atoms with Crippen molar-refractivity contribution in [1.82, 2.24) is 15.3 Å². The number of nitrogen functional groups attached to an aromatic ring is 1. The molecule has 3 aromatic rings. The summed E-state index contributed by atoms with van der Waals surface area (Å²) in [5.41, 5.74) is 8.19. The molecule has 2 heterocycles. The summed E-state index contributed by atoms with van der Waals surface area (Å²) >= 11 is 7.42. The molecular formula is C17H16ClN5OS. The van der Waals surface area contributed by atoms with E-state index in [-0.39, 0.29) is 5.91 Å². The molecular weight excluding hydrogens is 358 g/mol. The lowest BCUT2D eigenvalue weighted by Gasteiger charge is -2.08. The van der Waals surface area contributed by atoms with Crippen LogP contribution in [0.5, 0.6) is 0 Å². The van der Waals surface area contributed by atoms with Crippen LogP contribution in [0.25, 0.3) is 21.5 Å². The van der Waals surface area contributed by atoms with Crippen molar-refractivity contribution in [3.05, 3.63) is 34.2 Å². The minimum atomic E-state index is -0.228. The number of amides is 1. The van der Waals surface area contributed by atoms with Gasteiger partial charge in [-0.25, -0.2) is 9.97 Å². The fraction of sp³-hybridized carbons (Fsp3) is 0.235. The molecule has 6 nitrogen and oxygen atoms in total. The van der Waals surface area contributed by atoms with Crippen LogP contribution in [0.3, 0.4) is 0 Å². The maximum atomic E-state index is 12.1. The number of nitrogens with one attached hydrogen (secondary N) is 2. The summed E-state index contributed by atoms with van der Waals surface area (Å²) in [6.07, 6.45) is 2.23. The van der Waals surface area contributed by atoms with E-state index in [9.17, 15) is 4.79 Å². The largest absolute Gasteiger partial charge is 0.397 e. The molecule has 4 N–H and O–H groups in total. The number of anilines is 2. The van der Waals surface area contributed by atoms with E-state index in [2.05, 4.69) is 20.6 Å². The summed E-state index contributed by atoms with van der Waals surface area (Å²) in [5, 5.41) is 7.23. The van der Waals surface area contributed by atoms with Gasteiger partial charge in [0, 0.05) is 23.7 Å². The second-order valence-corrected chi connectivity index (χ2v) is 7.36. The van der Waals surface area contributed by atoms with E-state index in [0.29, 0.717) is 43.5 Å². The van der Waals surface area contributed by atoms with E-state index in [0.717, 1.165) is 18.4 Å². The number of benzene rings is 1. The predicted octanol–water partition coefficient (Wildman–Crippen LogP) is 3.53. The number of thiophene rings is 1. The molecule has 0 aliphatic heterocycles. The number of halogens is 1. The molecule has 1 aromatic carbocycles. The topological polar surface area (TPSA) is 92.9 Å². The quantitative estimate of drug-likeness (QED) is 0.650. The maximum absolute atomic E-state index is 12.1. The molecule has 0 saturated heterocycles. The molecule has 1 aliphatic rings. The zero-order chi connectivity index (χ0) is 17.6. The van der Waals surface area contributed by atoms with E-state index >= 15 is 0 Å². The Kier molecular flexibility index (Phi) is 3.97. The molecule has 0 atom stereocenters. The van der Waals surface area contributed by atoms with Gasteiger partial charge in [-0.1, -0.05) is 23.7 Å². The third kappa shape index (κ3) is 3.01. The lowest BCUT2D eigenvalue weighted by molar-refractivity contribution is 0.0968. The van der Waals surface area contributed by atoms with Crippen LogP contribution in [0.1, 0.15) is 22.5 Å². The van der Waals surface area contributed by atoms with Gasteiger partial charge in [0.2, 0.25) is 5.95 Å². The molecule has 0 unspecified atom stereocenters.